The van der Waals surface area contributed by atoms with Crippen molar-refractivity contribution in [3.8, 4) is 0 Å². The molecule has 0 atom stereocenters. The normalized spacial score (nSPS) is 24.2. The molecule has 0 spiro atoms. The van der Waals surface area contributed by atoms with E-state index >= 15 is 0 Å². The fourth-order valence-electron chi connectivity index (χ4n) is 3.30. The summed E-state index contributed by atoms with van der Waals surface area (Å²) in [4.78, 5) is 0. The van der Waals surface area contributed by atoms with Gasteiger partial charge in [-0.1, -0.05) is 38.5 Å². The molecule has 0 unspecified atom stereocenters. The van der Waals surface area contributed by atoms with E-state index < -0.39 is 9.84 Å². The SMILES string of the molecule is O=S(=O)(CCNC1CCCCCC1)C1CCCC1. The van der Waals surface area contributed by atoms with Crippen LogP contribution in [0, 0.1) is 0 Å². The summed E-state index contributed by atoms with van der Waals surface area (Å²) in [7, 11) is -2.83. The highest BCUT2D eigenvalue weighted by Gasteiger charge is 2.28. The molecule has 1 N–H and O–H groups in total. The van der Waals surface area contributed by atoms with E-state index in [1.54, 1.807) is 0 Å². The van der Waals surface area contributed by atoms with E-state index in [9.17, 15) is 8.42 Å². The Bertz CT molecular complexity index is 326. The minimum atomic E-state index is -2.83. The number of rotatable bonds is 5. The van der Waals surface area contributed by atoms with Crippen molar-refractivity contribution in [3.63, 3.8) is 0 Å². The van der Waals surface area contributed by atoms with E-state index in [1.165, 1.54) is 38.5 Å². The molecule has 18 heavy (non-hydrogen) atoms. The maximum atomic E-state index is 12.1. The second-order valence-electron chi connectivity index (χ2n) is 5.92. The maximum absolute atomic E-state index is 12.1. The van der Waals surface area contributed by atoms with Crippen molar-refractivity contribution < 1.29 is 8.42 Å². The van der Waals surface area contributed by atoms with E-state index in [2.05, 4.69) is 5.32 Å². The molecule has 2 fully saturated rings. The predicted molar refractivity (Wildman–Crippen MR) is 75.5 cm³/mol. The fraction of sp³-hybridized carbons (Fsp3) is 1.00. The third-order valence-corrected chi connectivity index (χ3v) is 6.75. The number of hydrogen-bond donors (Lipinski definition) is 1. The van der Waals surface area contributed by atoms with E-state index in [-0.39, 0.29) is 5.25 Å². The zero-order chi connectivity index (χ0) is 12.8. The molecular formula is C14H27NO2S. The lowest BCUT2D eigenvalue weighted by Gasteiger charge is -2.17. The Hall–Kier alpha value is -0.0900. The lowest BCUT2D eigenvalue weighted by atomic mass is 10.1. The molecule has 0 saturated heterocycles. The minimum Gasteiger partial charge on any atom is -0.313 e. The van der Waals surface area contributed by atoms with Crippen LogP contribution in [-0.2, 0) is 9.84 Å². The van der Waals surface area contributed by atoms with Gasteiger partial charge < -0.3 is 5.32 Å². The Kier molecular flexibility index (Phi) is 5.49. The van der Waals surface area contributed by atoms with Gasteiger partial charge in [-0.3, -0.25) is 0 Å². The fourth-order valence-corrected chi connectivity index (χ4v) is 5.09. The summed E-state index contributed by atoms with van der Waals surface area (Å²) in [5, 5.41) is 3.43. The largest absolute Gasteiger partial charge is 0.313 e. The summed E-state index contributed by atoms with van der Waals surface area (Å²) < 4.78 is 24.2. The average molecular weight is 273 g/mol. The summed E-state index contributed by atoms with van der Waals surface area (Å²) in [6, 6.07) is 0.561. The molecule has 4 heteroatoms. The van der Waals surface area contributed by atoms with Crippen LogP contribution >= 0.6 is 0 Å². The first-order valence-electron chi connectivity index (χ1n) is 7.63. The van der Waals surface area contributed by atoms with E-state index in [0.717, 1.165) is 25.7 Å². The van der Waals surface area contributed by atoms with Crippen molar-refractivity contribution in [2.24, 2.45) is 0 Å². The van der Waals surface area contributed by atoms with Crippen LogP contribution in [0.1, 0.15) is 64.2 Å². The smallest absolute Gasteiger partial charge is 0.154 e. The highest BCUT2D eigenvalue weighted by atomic mass is 32.2. The summed E-state index contributed by atoms with van der Waals surface area (Å²) >= 11 is 0. The zero-order valence-electron chi connectivity index (χ0n) is 11.4. The van der Waals surface area contributed by atoms with Crippen LogP contribution in [0.25, 0.3) is 0 Å². The lowest BCUT2D eigenvalue weighted by molar-refractivity contribution is 0.470. The summed E-state index contributed by atoms with van der Waals surface area (Å²) in [6.07, 6.45) is 11.7. The molecule has 0 heterocycles. The quantitative estimate of drug-likeness (QED) is 0.783. The number of hydrogen-bond acceptors (Lipinski definition) is 3. The molecule has 2 rings (SSSR count). The Morgan fingerprint density at radius 1 is 0.833 bits per heavy atom. The predicted octanol–water partition coefficient (Wildman–Crippen LogP) is 2.66. The van der Waals surface area contributed by atoms with Gasteiger partial charge in [-0.05, 0) is 25.7 Å². The zero-order valence-corrected chi connectivity index (χ0v) is 12.2. The summed E-state index contributed by atoms with van der Waals surface area (Å²) in [5.41, 5.74) is 0. The molecule has 0 aliphatic heterocycles. The van der Waals surface area contributed by atoms with E-state index in [4.69, 9.17) is 0 Å². The van der Waals surface area contributed by atoms with Crippen LogP contribution in [-0.4, -0.2) is 32.0 Å². The van der Waals surface area contributed by atoms with Crippen molar-refractivity contribution in [3.05, 3.63) is 0 Å². The van der Waals surface area contributed by atoms with Gasteiger partial charge in [-0.25, -0.2) is 8.42 Å². The van der Waals surface area contributed by atoms with Crippen LogP contribution in [0.15, 0.2) is 0 Å². The molecule has 0 radical (unpaired) electrons. The molecule has 0 aromatic rings. The van der Waals surface area contributed by atoms with Crippen LogP contribution in [0.4, 0.5) is 0 Å². The van der Waals surface area contributed by atoms with Gasteiger partial charge in [-0.2, -0.15) is 0 Å². The number of sulfone groups is 1. The summed E-state index contributed by atoms with van der Waals surface area (Å²) in [5.74, 6) is 0.341. The van der Waals surface area contributed by atoms with Gasteiger partial charge in [-0.15, -0.1) is 0 Å². The molecule has 2 saturated carbocycles. The van der Waals surface area contributed by atoms with Crippen molar-refractivity contribution in [1.29, 1.82) is 0 Å². The number of nitrogens with one attached hydrogen (secondary N) is 1. The standard InChI is InChI=1S/C14H27NO2S/c16-18(17,14-9-5-6-10-14)12-11-15-13-7-3-1-2-4-8-13/h13-15H,1-12H2. The molecule has 3 nitrogen and oxygen atoms in total. The molecule has 106 valence electrons. The van der Waals surface area contributed by atoms with Crippen LogP contribution < -0.4 is 5.32 Å². The second kappa shape index (κ2) is 6.90. The first kappa shape index (κ1) is 14.3. The van der Waals surface area contributed by atoms with Gasteiger partial charge in [0.15, 0.2) is 9.84 Å². The minimum absolute atomic E-state index is 0.0339. The van der Waals surface area contributed by atoms with Crippen molar-refractivity contribution in [2.75, 3.05) is 12.3 Å². The Morgan fingerprint density at radius 2 is 1.39 bits per heavy atom. The third-order valence-electron chi connectivity index (χ3n) is 4.48. The molecule has 2 aliphatic carbocycles. The highest BCUT2D eigenvalue weighted by Crippen LogP contribution is 2.25. The van der Waals surface area contributed by atoms with Gasteiger partial charge in [0.05, 0.1) is 11.0 Å². The summed E-state index contributed by atoms with van der Waals surface area (Å²) in [6.45, 7) is 0.656. The molecule has 0 amide bonds. The molecule has 0 aromatic heterocycles. The van der Waals surface area contributed by atoms with Crippen LogP contribution in [0.2, 0.25) is 0 Å². The first-order chi connectivity index (χ1) is 8.68. The molecule has 0 aromatic carbocycles. The van der Waals surface area contributed by atoms with Gasteiger partial charge in [0.1, 0.15) is 0 Å². The average Bonchev–Trinajstić information content (AvgIpc) is 2.76. The Balaban J connectivity index is 1.70. The highest BCUT2D eigenvalue weighted by molar-refractivity contribution is 7.92. The second-order valence-corrected chi connectivity index (χ2v) is 8.32. The monoisotopic (exact) mass is 273 g/mol. The Morgan fingerprint density at radius 3 is 2.00 bits per heavy atom. The van der Waals surface area contributed by atoms with E-state index in [1.807, 2.05) is 0 Å². The molecular weight excluding hydrogens is 246 g/mol. The lowest BCUT2D eigenvalue weighted by Crippen LogP contribution is -2.34. The van der Waals surface area contributed by atoms with E-state index in [0.29, 0.717) is 18.3 Å². The van der Waals surface area contributed by atoms with Crippen LogP contribution in [0.3, 0.4) is 0 Å². The van der Waals surface area contributed by atoms with Gasteiger partial charge >= 0.3 is 0 Å². The molecule has 0 bridgehead atoms. The van der Waals surface area contributed by atoms with Crippen molar-refractivity contribution in [1.82, 2.24) is 5.32 Å². The molecule has 2 aliphatic rings. The van der Waals surface area contributed by atoms with Gasteiger partial charge in [0, 0.05) is 12.6 Å². The third kappa shape index (κ3) is 4.23. The van der Waals surface area contributed by atoms with Crippen LogP contribution in [0.5, 0.6) is 0 Å². The Labute approximate surface area is 112 Å². The van der Waals surface area contributed by atoms with Crippen molar-refractivity contribution >= 4 is 9.84 Å². The van der Waals surface area contributed by atoms with Crippen molar-refractivity contribution in [2.45, 2.75) is 75.5 Å². The van der Waals surface area contributed by atoms with Gasteiger partial charge in [0.25, 0.3) is 0 Å². The van der Waals surface area contributed by atoms with Gasteiger partial charge in [0.2, 0.25) is 0 Å². The first-order valence-corrected chi connectivity index (χ1v) is 9.35. The topological polar surface area (TPSA) is 46.2 Å². The maximum Gasteiger partial charge on any atom is 0.154 e.